The maximum absolute atomic E-state index is 5.88. The molecule has 0 radical (unpaired) electrons. The monoisotopic (exact) mass is 285 g/mol. The normalized spacial score (nSPS) is 23.2. The predicted octanol–water partition coefficient (Wildman–Crippen LogP) is 1.50. The highest BCUT2D eigenvalue weighted by molar-refractivity contribution is 6.28. The van der Waals surface area contributed by atoms with Gasteiger partial charge >= 0.3 is 6.01 Å². The summed E-state index contributed by atoms with van der Waals surface area (Å²) in [5, 5.41) is 3.49. The molecule has 0 amide bonds. The average Bonchev–Trinajstić information content (AvgIpc) is 2.46. The zero-order valence-corrected chi connectivity index (χ0v) is 12.3. The quantitative estimate of drug-likeness (QED) is 0.904. The maximum Gasteiger partial charge on any atom is 0.322 e. The Balaban J connectivity index is 2.07. The van der Waals surface area contributed by atoms with Crippen molar-refractivity contribution in [2.45, 2.75) is 37.8 Å². The molecule has 1 fully saturated rings. The van der Waals surface area contributed by atoms with Gasteiger partial charge in [0.15, 0.2) is 0 Å². The Bertz CT molecular complexity index is 423. The highest BCUT2D eigenvalue weighted by atomic mass is 35.5. The van der Waals surface area contributed by atoms with Crippen LogP contribution in [0.1, 0.15) is 25.7 Å². The van der Waals surface area contributed by atoms with Crippen LogP contribution in [0.4, 0.5) is 5.95 Å². The molecule has 0 aliphatic heterocycles. The molecule has 0 unspecified atom stereocenters. The maximum atomic E-state index is 5.88. The zero-order chi connectivity index (χ0) is 13.8. The molecule has 7 heteroatoms. The van der Waals surface area contributed by atoms with Crippen LogP contribution in [-0.2, 0) is 0 Å². The van der Waals surface area contributed by atoms with Gasteiger partial charge in [0.1, 0.15) is 0 Å². The lowest BCUT2D eigenvalue weighted by molar-refractivity contribution is 0.346. The van der Waals surface area contributed by atoms with Gasteiger partial charge in [-0.2, -0.15) is 15.0 Å². The van der Waals surface area contributed by atoms with Gasteiger partial charge in [-0.05, 0) is 44.3 Å². The van der Waals surface area contributed by atoms with E-state index < -0.39 is 0 Å². The number of methoxy groups -OCH3 is 1. The van der Waals surface area contributed by atoms with Crippen LogP contribution in [-0.4, -0.2) is 48.2 Å². The van der Waals surface area contributed by atoms with Crippen molar-refractivity contribution in [3.63, 3.8) is 0 Å². The van der Waals surface area contributed by atoms with Crippen LogP contribution in [0.3, 0.4) is 0 Å². The lowest BCUT2D eigenvalue weighted by Crippen LogP contribution is -2.40. The first-order valence-electron chi connectivity index (χ1n) is 6.49. The van der Waals surface area contributed by atoms with E-state index in [1.54, 1.807) is 0 Å². The second kappa shape index (κ2) is 6.34. The first-order valence-corrected chi connectivity index (χ1v) is 6.87. The molecule has 0 atom stereocenters. The van der Waals surface area contributed by atoms with Gasteiger partial charge < -0.3 is 15.0 Å². The molecule has 6 nitrogen and oxygen atoms in total. The summed E-state index contributed by atoms with van der Waals surface area (Å²) in [5.74, 6) is 0.574. The van der Waals surface area contributed by atoms with Gasteiger partial charge in [-0.25, -0.2) is 0 Å². The van der Waals surface area contributed by atoms with Crippen LogP contribution in [0, 0.1) is 0 Å². The number of halogens is 1. The minimum Gasteiger partial charge on any atom is -0.467 e. The van der Waals surface area contributed by atoms with Crippen LogP contribution in [0.5, 0.6) is 6.01 Å². The van der Waals surface area contributed by atoms with Crippen LogP contribution in [0.2, 0.25) is 5.28 Å². The van der Waals surface area contributed by atoms with E-state index in [9.17, 15) is 0 Å². The summed E-state index contributed by atoms with van der Waals surface area (Å²) in [4.78, 5) is 14.4. The van der Waals surface area contributed by atoms with Crippen LogP contribution in [0.25, 0.3) is 0 Å². The summed E-state index contributed by atoms with van der Waals surface area (Å²) in [6.45, 7) is 0. The molecule has 2 rings (SSSR count). The van der Waals surface area contributed by atoms with Crippen molar-refractivity contribution in [2.75, 3.05) is 26.1 Å². The molecule has 1 aliphatic carbocycles. The number of anilines is 1. The molecule has 1 aromatic heterocycles. The van der Waals surface area contributed by atoms with Crippen molar-refractivity contribution in [3.05, 3.63) is 5.28 Å². The van der Waals surface area contributed by atoms with E-state index in [0.29, 0.717) is 18.0 Å². The van der Waals surface area contributed by atoms with Crippen molar-refractivity contribution in [3.8, 4) is 6.01 Å². The molecule has 0 aromatic carbocycles. The largest absolute Gasteiger partial charge is 0.467 e. The molecule has 19 heavy (non-hydrogen) atoms. The van der Waals surface area contributed by atoms with Gasteiger partial charge in [-0.15, -0.1) is 0 Å². The van der Waals surface area contributed by atoms with Crippen molar-refractivity contribution >= 4 is 17.5 Å². The molecule has 0 saturated heterocycles. The lowest BCUT2D eigenvalue weighted by atomic mass is 9.90. The fraction of sp³-hybridized carbons (Fsp3) is 0.750. The lowest BCUT2D eigenvalue weighted by Gasteiger charge is -2.34. The van der Waals surface area contributed by atoms with Gasteiger partial charge in [0.2, 0.25) is 11.2 Å². The van der Waals surface area contributed by atoms with Crippen LogP contribution >= 0.6 is 11.6 Å². The van der Waals surface area contributed by atoms with Gasteiger partial charge in [0, 0.05) is 19.1 Å². The number of hydrogen-bond donors (Lipinski definition) is 1. The molecule has 1 heterocycles. The summed E-state index contributed by atoms with van der Waals surface area (Å²) in [7, 11) is 5.54. The number of ether oxygens (including phenoxy) is 1. The van der Waals surface area contributed by atoms with E-state index in [1.165, 1.54) is 20.0 Å². The third-order valence-electron chi connectivity index (χ3n) is 3.73. The van der Waals surface area contributed by atoms with Crippen LogP contribution in [0.15, 0.2) is 0 Å². The first kappa shape index (κ1) is 14.3. The third kappa shape index (κ3) is 3.45. The number of rotatable bonds is 4. The molecule has 1 aliphatic rings. The van der Waals surface area contributed by atoms with Crippen LogP contribution < -0.4 is 15.0 Å². The minimum absolute atomic E-state index is 0.164. The Morgan fingerprint density at radius 2 is 1.89 bits per heavy atom. The summed E-state index contributed by atoms with van der Waals surface area (Å²) in [6.07, 6.45) is 4.57. The standard InChI is InChI=1S/C12H20ClN5O/c1-14-8-4-6-9(7-5-8)18(2)11-15-10(13)16-12(17-11)19-3/h8-9,14H,4-7H2,1-3H3. The van der Waals surface area contributed by atoms with Gasteiger partial charge in [-0.3, -0.25) is 0 Å². The second-order valence-corrected chi connectivity index (χ2v) is 5.13. The Hall–Kier alpha value is -1.14. The van der Waals surface area contributed by atoms with E-state index in [0.717, 1.165) is 12.8 Å². The number of nitrogens with zero attached hydrogens (tertiary/aromatic N) is 4. The molecular weight excluding hydrogens is 266 g/mol. The summed E-state index contributed by atoms with van der Waals surface area (Å²) in [5.41, 5.74) is 0. The number of aromatic nitrogens is 3. The molecule has 106 valence electrons. The average molecular weight is 286 g/mol. The van der Waals surface area contributed by atoms with E-state index in [1.807, 2.05) is 14.1 Å². The third-order valence-corrected chi connectivity index (χ3v) is 3.90. The Labute approximate surface area is 118 Å². The molecule has 0 spiro atoms. The fourth-order valence-corrected chi connectivity index (χ4v) is 2.63. The summed E-state index contributed by atoms with van der Waals surface area (Å²) in [6, 6.07) is 1.32. The number of nitrogens with one attached hydrogen (secondary N) is 1. The van der Waals surface area contributed by atoms with E-state index >= 15 is 0 Å². The highest BCUT2D eigenvalue weighted by Crippen LogP contribution is 2.25. The van der Waals surface area contributed by atoms with Gasteiger partial charge in [0.25, 0.3) is 0 Å². The van der Waals surface area contributed by atoms with Crippen molar-refractivity contribution in [1.29, 1.82) is 0 Å². The predicted molar refractivity (Wildman–Crippen MR) is 74.9 cm³/mol. The summed E-state index contributed by atoms with van der Waals surface area (Å²) >= 11 is 5.88. The van der Waals surface area contributed by atoms with Gasteiger partial charge in [-0.1, -0.05) is 0 Å². The molecule has 1 saturated carbocycles. The van der Waals surface area contributed by atoms with Crippen molar-refractivity contribution < 1.29 is 4.74 Å². The van der Waals surface area contributed by atoms with E-state index in [2.05, 4.69) is 25.2 Å². The Kier molecular flexibility index (Phi) is 4.76. The SMILES string of the molecule is CNC1CCC(N(C)c2nc(Cl)nc(OC)n2)CC1. The highest BCUT2D eigenvalue weighted by Gasteiger charge is 2.25. The second-order valence-electron chi connectivity index (χ2n) is 4.80. The first-order chi connectivity index (χ1) is 9.13. The van der Waals surface area contributed by atoms with Crippen molar-refractivity contribution in [2.24, 2.45) is 0 Å². The van der Waals surface area contributed by atoms with E-state index in [4.69, 9.17) is 16.3 Å². The zero-order valence-electron chi connectivity index (χ0n) is 11.6. The minimum atomic E-state index is 0.164. The Morgan fingerprint density at radius 3 is 2.47 bits per heavy atom. The topological polar surface area (TPSA) is 63.2 Å². The smallest absolute Gasteiger partial charge is 0.322 e. The summed E-state index contributed by atoms with van der Waals surface area (Å²) < 4.78 is 5.02. The molecule has 1 aromatic rings. The molecule has 0 bridgehead atoms. The van der Waals surface area contributed by atoms with E-state index in [-0.39, 0.29) is 11.3 Å². The number of hydrogen-bond acceptors (Lipinski definition) is 6. The van der Waals surface area contributed by atoms with Gasteiger partial charge in [0.05, 0.1) is 7.11 Å². The van der Waals surface area contributed by atoms with Crippen molar-refractivity contribution in [1.82, 2.24) is 20.3 Å². The fourth-order valence-electron chi connectivity index (χ4n) is 2.49. The Morgan fingerprint density at radius 1 is 1.21 bits per heavy atom. The molecular formula is C12H20ClN5O. The molecule has 1 N–H and O–H groups in total.